The fourth-order valence-electron chi connectivity index (χ4n) is 3.81. The van der Waals surface area contributed by atoms with E-state index in [0.29, 0.717) is 12.8 Å². The number of ketones is 2. The van der Waals surface area contributed by atoms with Gasteiger partial charge in [-0.25, -0.2) is 0 Å². The van der Waals surface area contributed by atoms with Crippen LogP contribution in [0.1, 0.15) is 48.9 Å². The second kappa shape index (κ2) is 16.2. The zero-order chi connectivity index (χ0) is 25.6. The van der Waals surface area contributed by atoms with E-state index in [0.717, 1.165) is 33.4 Å². The molecule has 37 heavy (non-hydrogen) atoms. The average Bonchev–Trinajstić information content (AvgIpc) is 2.90. The van der Waals surface area contributed by atoms with Crippen LogP contribution < -0.4 is 0 Å². The van der Waals surface area contributed by atoms with Gasteiger partial charge in [0, 0.05) is 33.3 Å². The van der Waals surface area contributed by atoms with Crippen molar-refractivity contribution in [2.45, 2.75) is 26.7 Å². The van der Waals surface area contributed by atoms with E-state index in [1.807, 2.05) is 121 Å². The molecule has 0 spiro atoms. The van der Waals surface area contributed by atoms with Crippen molar-refractivity contribution >= 4 is 34.9 Å². The van der Waals surface area contributed by atoms with Gasteiger partial charge in [-0.1, -0.05) is 133 Å². The molecule has 4 rings (SSSR count). The third-order valence-electron chi connectivity index (χ3n) is 5.45. The van der Waals surface area contributed by atoms with Gasteiger partial charge in [0.25, 0.3) is 0 Å². The Hall–Kier alpha value is -3.64. The number of carbonyl (C=O) groups excluding carboxylic acids is 2. The molecular weight excluding hydrogens is 547 g/mol. The smallest absolute Gasteiger partial charge is 0.134 e. The van der Waals surface area contributed by atoms with E-state index in [1.165, 1.54) is 0 Å². The molecule has 0 atom stereocenters. The van der Waals surface area contributed by atoms with Crippen molar-refractivity contribution in [1.29, 1.82) is 0 Å². The summed E-state index contributed by atoms with van der Waals surface area (Å²) in [4.78, 5) is 22.8. The molecule has 0 N–H and O–H groups in total. The number of hydrogen-bond acceptors (Lipinski definition) is 2. The quantitative estimate of drug-likeness (QED) is 0.155. The number of rotatable bonds is 8. The van der Waals surface area contributed by atoms with Crippen molar-refractivity contribution in [3.05, 3.63) is 144 Å². The monoisotopic (exact) mass is 578 g/mol. The number of hydrogen-bond donors (Lipinski definition) is 0. The molecule has 0 heterocycles. The predicted octanol–water partition coefficient (Wildman–Crippen LogP) is 8.41. The molecule has 0 unspecified atom stereocenters. The second-order valence-electron chi connectivity index (χ2n) is 8.65. The number of benzene rings is 4. The molecule has 0 aromatic heterocycles. The Labute approximate surface area is 234 Å². The van der Waals surface area contributed by atoms with Crippen LogP contribution in [0.15, 0.2) is 121 Å². The molecule has 0 aliphatic rings. The Morgan fingerprint density at radius 2 is 0.757 bits per heavy atom. The summed E-state index contributed by atoms with van der Waals surface area (Å²) in [7, 11) is 0. The van der Waals surface area contributed by atoms with Gasteiger partial charge < -0.3 is 0 Å². The first-order valence-electron chi connectivity index (χ1n) is 12.1. The van der Waals surface area contributed by atoms with Gasteiger partial charge in [0.2, 0.25) is 0 Å². The van der Waals surface area contributed by atoms with E-state index >= 15 is 0 Å². The van der Waals surface area contributed by atoms with Gasteiger partial charge in [0.15, 0.2) is 0 Å². The van der Waals surface area contributed by atoms with Gasteiger partial charge in [0.05, 0.1) is 0 Å². The number of carbonyl (C=O) groups is 2. The second-order valence-corrected chi connectivity index (χ2v) is 8.65. The molecule has 2 nitrogen and oxygen atoms in total. The van der Waals surface area contributed by atoms with E-state index in [9.17, 15) is 9.59 Å². The van der Waals surface area contributed by atoms with Gasteiger partial charge in [-0.3, -0.25) is 9.59 Å². The molecule has 190 valence electrons. The summed E-state index contributed by atoms with van der Waals surface area (Å²) in [6.07, 6.45) is 5.10. The van der Waals surface area contributed by atoms with Crippen LogP contribution in [0.3, 0.4) is 0 Å². The molecule has 0 saturated heterocycles. The minimum Gasteiger partial charge on any atom is -0.300 e. The van der Waals surface area contributed by atoms with Gasteiger partial charge in [-0.15, -0.1) is 0 Å². The molecule has 0 fully saturated rings. The molecule has 0 aliphatic heterocycles. The van der Waals surface area contributed by atoms with Crippen LogP contribution in [0.2, 0.25) is 0 Å². The summed E-state index contributed by atoms with van der Waals surface area (Å²) >= 11 is 0. The first-order valence-corrected chi connectivity index (χ1v) is 12.1. The largest absolute Gasteiger partial charge is 0.300 e. The van der Waals surface area contributed by atoms with Crippen LogP contribution in [0.4, 0.5) is 0 Å². The standard InChI is InChI=1S/2C17H16O.Pd/c2*1-14(18)12-17(16-10-6-3-7-11-16)13-15-8-4-2-5-9-15;/h2*2-11,13H,12H2,1H3;. The first kappa shape index (κ1) is 29.6. The van der Waals surface area contributed by atoms with Crippen molar-refractivity contribution in [3.63, 3.8) is 0 Å². The van der Waals surface area contributed by atoms with Crippen LogP contribution in [0.25, 0.3) is 23.3 Å². The Morgan fingerprint density at radius 1 is 0.486 bits per heavy atom. The zero-order valence-corrected chi connectivity index (χ0v) is 22.8. The van der Waals surface area contributed by atoms with E-state index in [-0.39, 0.29) is 32.0 Å². The predicted molar refractivity (Wildman–Crippen MR) is 152 cm³/mol. The van der Waals surface area contributed by atoms with Crippen LogP contribution in [0, 0.1) is 0 Å². The summed E-state index contributed by atoms with van der Waals surface area (Å²) in [5.74, 6) is 0.363. The van der Waals surface area contributed by atoms with Gasteiger partial charge in [0.1, 0.15) is 11.6 Å². The van der Waals surface area contributed by atoms with Gasteiger partial charge >= 0.3 is 0 Å². The average molecular weight is 579 g/mol. The molecule has 4 aromatic carbocycles. The van der Waals surface area contributed by atoms with Gasteiger partial charge in [-0.2, -0.15) is 0 Å². The molecule has 0 saturated carbocycles. The third kappa shape index (κ3) is 10.9. The van der Waals surface area contributed by atoms with Crippen molar-refractivity contribution in [3.8, 4) is 0 Å². The fourth-order valence-corrected chi connectivity index (χ4v) is 3.81. The Balaban J connectivity index is 0.000000253. The SMILES string of the molecule is CC(=O)CC(=Cc1ccccc1)c1ccccc1.CC(=O)CC(=Cc1ccccc1)c1ccccc1.[Pd]. The third-order valence-corrected chi connectivity index (χ3v) is 5.45. The van der Waals surface area contributed by atoms with Crippen LogP contribution in [-0.2, 0) is 30.0 Å². The molecule has 0 bridgehead atoms. The first-order chi connectivity index (χ1) is 17.5. The molecule has 3 heteroatoms. The van der Waals surface area contributed by atoms with Crippen molar-refractivity contribution in [2.24, 2.45) is 0 Å². The van der Waals surface area contributed by atoms with Crippen LogP contribution >= 0.6 is 0 Å². The Morgan fingerprint density at radius 3 is 1.03 bits per heavy atom. The number of Topliss-reactive ketones (excluding diaryl/α,β-unsaturated/α-hetero) is 2. The molecule has 4 aromatic rings. The van der Waals surface area contributed by atoms with Crippen molar-refractivity contribution in [1.82, 2.24) is 0 Å². The van der Waals surface area contributed by atoms with Gasteiger partial charge in [-0.05, 0) is 47.2 Å². The van der Waals surface area contributed by atoms with Crippen LogP contribution in [0.5, 0.6) is 0 Å². The topological polar surface area (TPSA) is 34.1 Å². The normalized spacial score (nSPS) is 11.0. The zero-order valence-electron chi connectivity index (χ0n) is 21.2. The van der Waals surface area contributed by atoms with E-state index in [1.54, 1.807) is 13.8 Å². The maximum atomic E-state index is 11.4. The minimum atomic E-state index is 0. The summed E-state index contributed by atoms with van der Waals surface area (Å²) in [5, 5.41) is 0. The Bertz CT molecular complexity index is 1190. The van der Waals surface area contributed by atoms with E-state index in [4.69, 9.17) is 0 Å². The Kier molecular flexibility index (Phi) is 12.9. The summed E-state index contributed by atoms with van der Waals surface area (Å²) in [5.41, 5.74) is 6.59. The number of allylic oxidation sites excluding steroid dienone is 2. The van der Waals surface area contributed by atoms with E-state index < -0.39 is 0 Å². The molecule has 0 radical (unpaired) electrons. The summed E-state index contributed by atoms with van der Waals surface area (Å²) in [6, 6.07) is 40.3. The molecule has 0 aliphatic carbocycles. The van der Waals surface area contributed by atoms with Crippen LogP contribution in [-0.4, -0.2) is 11.6 Å². The fraction of sp³-hybridized carbons (Fsp3) is 0.118. The molecular formula is C34H32O2Pd. The molecule has 0 amide bonds. The van der Waals surface area contributed by atoms with E-state index in [2.05, 4.69) is 12.2 Å². The minimum absolute atomic E-state index is 0. The van der Waals surface area contributed by atoms with Crippen molar-refractivity contribution in [2.75, 3.05) is 0 Å². The summed E-state index contributed by atoms with van der Waals surface area (Å²) in [6.45, 7) is 3.25. The summed E-state index contributed by atoms with van der Waals surface area (Å²) < 4.78 is 0. The maximum absolute atomic E-state index is 11.4. The van der Waals surface area contributed by atoms with Crippen molar-refractivity contribution < 1.29 is 30.0 Å². The maximum Gasteiger partial charge on any atom is 0.134 e.